The van der Waals surface area contributed by atoms with Crippen molar-refractivity contribution in [3.05, 3.63) is 77.1 Å². The Balaban J connectivity index is 2.12. The van der Waals surface area contributed by atoms with E-state index in [4.69, 9.17) is 0 Å². The van der Waals surface area contributed by atoms with Crippen LogP contribution in [0.4, 0.5) is 4.39 Å². The van der Waals surface area contributed by atoms with Crippen LogP contribution in [-0.4, -0.2) is 11.7 Å². The average Bonchev–Trinajstić information content (AvgIpc) is 2.47. The molecule has 0 fully saturated rings. The minimum atomic E-state index is -0.196. The summed E-state index contributed by atoms with van der Waals surface area (Å²) in [6.45, 7) is 0.161. The van der Waals surface area contributed by atoms with Crippen LogP contribution in [0.15, 0.2) is 54.6 Å². The highest BCUT2D eigenvalue weighted by atomic mass is 19.1. The summed E-state index contributed by atoms with van der Waals surface area (Å²) in [6.07, 6.45) is 3.73. The summed E-state index contributed by atoms with van der Waals surface area (Å²) in [5.41, 5.74) is 3.92. The lowest BCUT2D eigenvalue weighted by molar-refractivity contribution is 0.269. The first kappa shape index (κ1) is 13.1. The van der Waals surface area contributed by atoms with E-state index >= 15 is 0 Å². The van der Waals surface area contributed by atoms with Crippen LogP contribution in [0, 0.1) is 11.7 Å². The minimum absolute atomic E-state index is 0.161. The molecule has 2 aromatic carbocycles. The molecule has 3 rings (SSSR count). The predicted molar refractivity (Wildman–Crippen MR) is 78.8 cm³/mol. The van der Waals surface area contributed by atoms with Crippen LogP contribution in [0.25, 0.3) is 5.57 Å². The quantitative estimate of drug-likeness (QED) is 0.897. The lowest BCUT2D eigenvalue weighted by atomic mass is 9.81. The molecule has 1 N–H and O–H groups in total. The average molecular weight is 268 g/mol. The maximum Gasteiger partial charge on any atom is 0.131 e. The van der Waals surface area contributed by atoms with Crippen molar-refractivity contribution in [2.24, 2.45) is 5.92 Å². The number of allylic oxidation sites excluding steroid dienone is 1. The second-order valence-electron chi connectivity index (χ2n) is 5.19. The molecule has 0 heterocycles. The van der Waals surface area contributed by atoms with Gasteiger partial charge in [0.15, 0.2) is 0 Å². The van der Waals surface area contributed by atoms with Crippen molar-refractivity contribution in [1.29, 1.82) is 0 Å². The topological polar surface area (TPSA) is 20.2 Å². The molecule has 0 aliphatic heterocycles. The standard InChI is InChI=1S/C18H17FO/c19-18-8-4-3-7-16(18)17-12-13(9-10-20)11-14-5-1-2-6-15(14)17/h1-8,12-13,20H,9-11H2. The summed E-state index contributed by atoms with van der Waals surface area (Å²) in [6, 6.07) is 15.0. The lowest BCUT2D eigenvalue weighted by Gasteiger charge is -2.24. The van der Waals surface area contributed by atoms with E-state index in [-0.39, 0.29) is 18.3 Å². The van der Waals surface area contributed by atoms with Gasteiger partial charge in [0.25, 0.3) is 0 Å². The Morgan fingerprint density at radius 3 is 2.45 bits per heavy atom. The van der Waals surface area contributed by atoms with Gasteiger partial charge in [0, 0.05) is 12.2 Å². The zero-order valence-electron chi connectivity index (χ0n) is 11.2. The van der Waals surface area contributed by atoms with Crippen LogP contribution in [0.1, 0.15) is 23.1 Å². The molecular formula is C18H17FO. The first-order chi connectivity index (χ1) is 9.79. The maximum atomic E-state index is 14.1. The number of rotatable bonds is 3. The van der Waals surface area contributed by atoms with Gasteiger partial charge in [0.05, 0.1) is 0 Å². The van der Waals surface area contributed by atoms with Crippen molar-refractivity contribution in [3.8, 4) is 0 Å². The van der Waals surface area contributed by atoms with Gasteiger partial charge in [-0.1, -0.05) is 48.5 Å². The van der Waals surface area contributed by atoms with E-state index in [1.54, 1.807) is 6.07 Å². The Morgan fingerprint density at radius 2 is 1.70 bits per heavy atom. The fraction of sp³-hybridized carbons (Fsp3) is 0.222. The molecule has 0 saturated heterocycles. The lowest BCUT2D eigenvalue weighted by Crippen LogP contribution is -2.12. The predicted octanol–water partition coefficient (Wildman–Crippen LogP) is 3.81. The third-order valence-electron chi connectivity index (χ3n) is 3.86. The van der Waals surface area contributed by atoms with E-state index in [9.17, 15) is 9.50 Å². The molecule has 1 nitrogen and oxygen atoms in total. The van der Waals surface area contributed by atoms with Gasteiger partial charge in [-0.05, 0) is 41.5 Å². The van der Waals surface area contributed by atoms with Gasteiger partial charge in [0.2, 0.25) is 0 Å². The number of hydrogen-bond acceptors (Lipinski definition) is 1. The van der Waals surface area contributed by atoms with Crippen molar-refractivity contribution < 1.29 is 9.50 Å². The molecule has 1 unspecified atom stereocenters. The van der Waals surface area contributed by atoms with E-state index in [1.807, 2.05) is 30.3 Å². The van der Waals surface area contributed by atoms with Crippen LogP contribution in [0.3, 0.4) is 0 Å². The molecule has 0 radical (unpaired) electrons. The number of hydrogen-bond donors (Lipinski definition) is 1. The van der Waals surface area contributed by atoms with Gasteiger partial charge in [-0.3, -0.25) is 0 Å². The maximum absolute atomic E-state index is 14.1. The highest BCUT2D eigenvalue weighted by Crippen LogP contribution is 2.35. The number of aliphatic hydroxyl groups excluding tert-OH is 1. The van der Waals surface area contributed by atoms with Gasteiger partial charge in [0.1, 0.15) is 5.82 Å². The van der Waals surface area contributed by atoms with Crippen molar-refractivity contribution >= 4 is 5.57 Å². The molecule has 2 heteroatoms. The molecule has 0 aromatic heterocycles. The first-order valence-corrected chi connectivity index (χ1v) is 6.95. The van der Waals surface area contributed by atoms with Crippen LogP contribution >= 0.6 is 0 Å². The zero-order valence-corrected chi connectivity index (χ0v) is 11.2. The van der Waals surface area contributed by atoms with Crippen LogP contribution in [0.2, 0.25) is 0 Å². The van der Waals surface area contributed by atoms with Crippen LogP contribution in [-0.2, 0) is 6.42 Å². The monoisotopic (exact) mass is 268 g/mol. The zero-order chi connectivity index (χ0) is 13.9. The molecule has 0 spiro atoms. The molecule has 20 heavy (non-hydrogen) atoms. The summed E-state index contributed by atoms with van der Waals surface area (Å²) >= 11 is 0. The van der Waals surface area contributed by atoms with E-state index in [0.29, 0.717) is 12.0 Å². The van der Waals surface area contributed by atoms with Crippen molar-refractivity contribution in [2.75, 3.05) is 6.61 Å². The van der Waals surface area contributed by atoms with Crippen LogP contribution in [0.5, 0.6) is 0 Å². The Hall–Kier alpha value is -1.93. The van der Waals surface area contributed by atoms with E-state index in [2.05, 4.69) is 12.1 Å². The molecule has 0 bridgehead atoms. The van der Waals surface area contributed by atoms with Gasteiger partial charge in [-0.25, -0.2) is 4.39 Å². The second kappa shape index (κ2) is 5.59. The molecule has 2 aromatic rings. The van der Waals surface area contributed by atoms with E-state index in [0.717, 1.165) is 17.6 Å². The smallest absolute Gasteiger partial charge is 0.131 e. The number of benzene rings is 2. The minimum Gasteiger partial charge on any atom is -0.396 e. The Morgan fingerprint density at radius 1 is 1.00 bits per heavy atom. The van der Waals surface area contributed by atoms with Gasteiger partial charge in [-0.2, -0.15) is 0 Å². The highest BCUT2D eigenvalue weighted by molar-refractivity contribution is 5.83. The van der Waals surface area contributed by atoms with Crippen LogP contribution < -0.4 is 0 Å². The third-order valence-corrected chi connectivity index (χ3v) is 3.86. The van der Waals surface area contributed by atoms with E-state index in [1.165, 1.54) is 11.6 Å². The summed E-state index contributed by atoms with van der Waals surface area (Å²) in [7, 11) is 0. The summed E-state index contributed by atoms with van der Waals surface area (Å²) < 4.78 is 14.1. The molecule has 1 aliphatic rings. The largest absolute Gasteiger partial charge is 0.396 e. The fourth-order valence-corrected chi connectivity index (χ4v) is 2.89. The Bertz CT molecular complexity index is 645. The fourth-order valence-electron chi connectivity index (χ4n) is 2.89. The Labute approximate surface area is 118 Å². The summed E-state index contributed by atoms with van der Waals surface area (Å²) in [5, 5.41) is 9.17. The third kappa shape index (κ3) is 2.39. The molecule has 1 atom stereocenters. The highest BCUT2D eigenvalue weighted by Gasteiger charge is 2.21. The summed E-state index contributed by atoms with van der Waals surface area (Å²) in [4.78, 5) is 0. The van der Waals surface area contributed by atoms with Gasteiger partial charge >= 0.3 is 0 Å². The number of aliphatic hydroxyl groups is 1. The summed E-state index contributed by atoms with van der Waals surface area (Å²) in [5.74, 6) is 0.0720. The molecular weight excluding hydrogens is 251 g/mol. The normalized spacial score (nSPS) is 17.5. The second-order valence-corrected chi connectivity index (χ2v) is 5.19. The molecule has 102 valence electrons. The first-order valence-electron chi connectivity index (χ1n) is 6.95. The van der Waals surface area contributed by atoms with Gasteiger partial charge in [-0.15, -0.1) is 0 Å². The van der Waals surface area contributed by atoms with Crippen molar-refractivity contribution in [2.45, 2.75) is 12.8 Å². The van der Waals surface area contributed by atoms with Gasteiger partial charge < -0.3 is 5.11 Å². The van der Waals surface area contributed by atoms with E-state index < -0.39 is 0 Å². The number of fused-ring (bicyclic) bond motifs is 1. The molecule has 1 aliphatic carbocycles. The Kier molecular flexibility index (Phi) is 3.66. The van der Waals surface area contributed by atoms with Crippen molar-refractivity contribution in [1.82, 2.24) is 0 Å². The SMILES string of the molecule is OCCC1C=C(c2ccccc2F)c2ccccc2C1. The number of halogens is 1. The molecule has 0 amide bonds. The van der Waals surface area contributed by atoms with Crippen molar-refractivity contribution in [3.63, 3.8) is 0 Å². The molecule has 0 saturated carbocycles.